The van der Waals surface area contributed by atoms with Crippen molar-refractivity contribution in [3.63, 3.8) is 0 Å². The first-order chi connectivity index (χ1) is 13.8. The third-order valence-corrected chi connectivity index (χ3v) is 5.45. The van der Waals surface area contributed by atoms with Crippen molar-refractivity contribution in [2.45, 2.75) is 13.5 Å². The molecule has 1 heterocycles. The van der Waals surface area contributed by atoms with Gasteiger partial charge in [-0.3, -0.25) is 4.99 Å². The van der Waals surface area contributed by atoms with Gasteiger partial charge in [0, 0.05) is 11.1 Å². The zero-order valence-electron chi connectivity index (χ0n) is 15.9. The molecular formula is C27H21N. The monoisotopic (exact) mass is 359 g/mol. The summed E-state index contributed by atoms with van der Waals surface area (Å²) in [4.78, 5) is 5.10. The van der Waals surface area contributed by atoms with Gasteiger partial charge in [-0.2, -0.15) is 0 Å². The largest absolute Gasteiger partial charge is 0.279 e. The summed E-state index contributed by atoms with van der Waals surface area (Å²) in [5.74, 6) is 0. The SMILES string of the molecule is Cc1ccc(-c2cccc3c2CN=C(c2ccccc2)c2ccccc2-3)cc1. The summed E-state index contributed by atoms with van der Waals surface area (Å²) >= 11 is 0. The summed E-state index contributed by atoms with van der Waals surface area (Å²) in [6.45, 7) is 2.81. The Hall–Kier alpha value is -3.45. The molecule has 0 aliphatic carbocycles. The summed E-state index contributed by atoms with van der Waals surface area (Å²) in [6.07, 6.45) is 0. The zero-order valence-corrected chi connectivity index (χ0v) is 15.9. The highest BCUT2D eigenvalue weighted by molar-refractivity contribution is 6.17. The maximum absolute atomic E-state index is 5.10. The van der Waals surface area contributed by atoms with Crippen molar-refractivity contribution in [3.05, 3.63) is 119 Å². The van der Waals surface area contributed by atoms with Crippen molar-refractivity contribution in [2.75, 3.05) is 0 Å². The maximum Gasteiger partial charge on any atom is 0.0729 e. The molecule has 1 heteroatoms. The predicted octanol–water partition coefficient (Wildman–Crippen LogP) is 6.68. The Morgan fingerprint density at radius 3 is 1.96 bits per heavy atom. The molecule has 28 heavy (non-hydrogen) atoms. The van der Waals surface area contributed by atoms with E-state index in [2.05, 4.69) is 104 Å². The molecule has 1 aliphatic heterocycles. The molecule has 1 aliphatic rings. The van der Waals surface area contributed by atoms with E-state index < -0.39 is 0 Å². The van der Waals surface area contributed by atoms with E-state index in [1.54, 1.807) is 0 Å². The quantitative estimate of drug-likeness (QED) is 0.378. The standard InChI is InChI=1S/C27H21N/c1-19-14-16-20(17-15-19)22-12-7-13-24-23-10-5-6-11-25(23)27(28-18-26(22)24)21-8-3-2-4-9-21/h2-17H,18H2,1H3. The summed E-state index contributed by atoms with van der Waals surface area (Å²) in [6, 6.07) is 34.5. The number of nitrogens with zero attached hydrogens (tertiary/aromatic N) is 1. The highest BCUT2D eigenvalue weighted by Gasteiger charge is 2.20. The average Bonchev–Trinajstić information content (AvgIpc) is 2.92. The molecule has 0 radical (unpaired) electrons. The molecule has 0 aromatic heterocycles. The molecule has 0 amide bonds. The van der Waals surface area contributed by atoms with Crippen LogP contribution in [0.4, 0.5) is 0 Å². The molecule has 5 rings (SSSR count). The highest BCUT2D eigenvalue weighted by atomic mass is 14.7. The Morgan fingerprint density at radius 2 is 1.18 bits per heavy atom. The molecule has 134 valence electrons. The first kappa shape index (κ1) is 16.7. The zero-order chi connectivity index (χ0) is 18.9. The number of benzene rings is 4. The molecule has 0 saturated heterocycles. The van der Waals surface area contributed by atoms with Gasteiger partial charge < -0.3 is 0 Å². The second-order valence-corrected chi connectivity index (χ2v) is 7.27. The van der Waals surface area contributed by atoms with Crippen LogP contribution in [0.5, 0.6) is 0 Å². The predicted molar refractivity (Wildman–Crippen MR) is 118 cm³/mol. The molecular weight excluding hydrogens is 338 g/mol. The van der Waals surface area contributed by atoms with Gasteiger partial charge in [-0.05, 0) is 34.7 Å². The van der Waals surface area contributed by atoms with Crippen LogP contribution in [0.3, 0.4) is 0 Å². The van der Waals surface area contributed by atoms with Crippen LogP contribution in [0.2, 0.25) is 0 Å². The minimum absolute atomic E-state index is 0.679. The Morgan fingerprint density at radius 1 is 0.536 bits per heavy atom. The second-order valence-electron chi connectivity index (χ2n) is 7.27. The number of rotatable bonds is 2. The Kier molecular flexibility index (Phi) is 4.14. The Balaban J connectivity index is 1.75. The van der Waals surface area contributed by atoms with E-state index in [-0.39, 0.29) is 0 Å². The lowest BCUT2D eigenvalue weighted by Gasteiger charge is -2.14. The van der Waals surface area contributed by atoms with Crippen molar-refractivity contribution in [1.82, 2.24) is 0 Å². The number of fused-ring (bicyclic) bond motifs is 3. The normalized spacial score (nSPS) is 12.5. The van der Waals surface area contributed by atoms with Crippen molar-refractivity contribution in [2.24, 2.45) is 4.99 Å². The third-order valence-electron chi connectivity index (χ3n) is 5.45. The molecule has 0 bridgehead atoms. The van der Waals surface area contributed by atoms with Crippen LogP contribution in [0.1, 0.15) is 22.3 Å². The van der Waals surface area contributed by atoms with Crippen molar-refractivity contribution >= 4 is 5.71 Å². The third kappa shape index (κ3) is 2.86. The Bertz CT molecular complexity index is 1170. The number of aryl methyl sites for hydroxylation is 1. The molecule has 0 N–H and O–H groups in total. The lowest BCUT2D eigenvalue weighted by atomic mass is 9.89. The highest BCUT2D eigenvalue weighted by Crippen LogP contribution is 2.37. The molecule has 0 atom stereocenters. The van der Waals surface area contributed by atoms with E-state index in [4.69, 9.17) is 4.99 Å². The summed E-state index contributed by atoms with van der Waals surface area (Å²) in [7, 11) is 0. The molecule has 0 spiro atoms. The summed E-state index contributed by atoms with van der Waals surface area (Å²) in [5.41, 5.74) is 11.1. The topological polar surface area (TPSA) is 12.4 Å². The van der Waals surface area contributed by atoms with E-state index in [9.17, 15) is 0 Å². The maximum atomic E-state index is 5.10. The van der Waals surface area contributed by atoms with Crippen LogP contribution in [0, 0.1) is 6.92 Å². The van der Waals surface area contributed by atoms with E-state index in [0.29, 0.717) is 6.54 Å². The number of hydrogen-bond donors (Lipinski definition) is 0. The van der Waals surface area contributed by atoms with Crippen LogP contribution in [-0.2, 0) is 6.54 Å². The van der Waals surface area contributed by atoms with Crippen LogP contribution in [0.25, 0.3) is 22.3 Å². The van der Waals surface area contributed by atoms with Crippen molar-refractivity contribution in [1.29, 1.82) is 0 Å². The van der Waals surface area contributed by atoms with Gasteiger partial charge in [0.2, 0.25) is 0 Å². The smallest absolute Gasteiger partial charge is 0.0729 e. The van der Waals surface area contributed by atoms with Gasteiger partial charge in [0.1, 0.15) is 0 Å². The van der Waals surface area contributed by atoms with Crippen LogP contribution < -0.4 is 0 Å². The van der Waals surface area contributed by atoms with E-state index in [1.807, 2.05) is 0 Å². The number of aliphatic imine (C=N–C) groups is 1. The minimum atomic E-state index is 0.679. The van der Waals surface area contributed by atoms with Gasteiger partial charge in [0.05, 0.1) is 12.3 Å². The fourth-order valence-electron chi connectivity index (χ4n) is 4.02. The average molecular weight is 359 g/mol. The molecule has 4 aromatic carbocycles. The second kappa shape index (κ2) is 6.94. The molecule has 0 unspecified atom stereocenters. The van der Waals surface area contributed by atoms with Gasteiger partial charge in [0.15, 0.2) is 0 Å². The van der Waals surface area contributed by atoms with E-state index >= 15 is 0 Å². The molecule has 0 saturated carbocycles. The fraction of sp³-hybridized carbons (Fsp3) is 0.0741. The van der Waals surface area contributed by atoms with Gasteiger partial charge in [-0.25, -0.2) is 0 Å². The lowest BCUT2D eigenvalue weighted by Crippen LogP contribution is -2.03. The fourth-order valence-corrected chi connectivity index (χ4v) is 4.02. The molecule has 4 aromatic rings. The van der Waals surface area contributed by atoms with Crippen molar-refractivity contribution < 1.29 is 0 Å². The van der Waals surface area contributed by atoms with Gasteiger partial charge in [-0.15, -0.1) is 0 Å². The molecule has 0 fully saturated rings. The number of hydrogen-bond acceptors (Lipinski definition) is 1. The van der Waals surface area contributed by atoms with E-state index in [0.717, 1.165) is 5.71 Å². The first-order valence-corrected chi connectivity index (χ1v) is 9.70. The van der Waals surface area contributed by atoms with Crippen molar-refractivity contribution in [3.8, 4) is 22.3 Å². The minimum Gasteiger partial charge on any atom is -0.279 e. The Labute approximate surface area is 166 Å². The van der Waals surface area contributed by atoms with Crippen LogP contribution in [-0.4, -0.2) is 5.71 Å². The van der Waals surface area contributed by atoms with Crippen LogP contribution in [0.15, 0.2) is 102 Å². The van der Waals surface area contributed by atoms with Gasteiger partial charge in [0.25, 0.3) is 0 Å². The first-order valence-electron chi connectivity index (χ1n) is 9.70. The molecule has 1 nitrogen and oxygen atoms in total. The summed E-state index contributed by atoms with van der Waals surface area (Å²) < 4.78 is 0. The van der Waals surface area contributed by atoms with E-state index in [1.165, 1.54) is 44.5 Å². The van der Waals surface area contributed by atoms with Gasteiger partial charge >= 0.3 is 0 Å². The van der Waals surface area contributed by atoms with Gasteiger partial charge in [-0.1, -0.05) is 103 Å². The van der Waals surface area contributed by atoms with Crippen LogP contribution >= 0.6 is 0 Å². The summed E-state index contributed by atoms with van der Waals surface area (Å²) in [5, 5.41) is 0. The lowest BCUT2D eigenvalue weighted by molar-refractivity contribution is 1.08.